The molecule has 0 aliphatic carbocycles. The van der Waals surface area contributed by atoms with Crippen LogP contribution in [0.4, 0.5) is 13.9 Å². The summed E-state index contributed by atoms with van der Waals surface area (Å²) in [6.07, 6.45) is -2.56. The van der Waals surface area contributed by atoms with Gasteiger partial charge in [0.25, 0.3) is 6.43 Å². The molecule has 0 saturated heterocycles. The summed E-state index contributed by atoms with van der Waals surface area (Å²) < 4.78 is 24.4. The van der Waals surface area contributed by atoms with E-state index in [0.29, 0.717) is 11.7 Å². The van der Waals surface area contributed by atoms with E-state index in [-0.39, 0.29) is 5.01 Å². The first kappa shape index (κ1) is 11.3. The van der Waals surface area contributed by atoms with Crippen molar-refractivity contribution in [3.63, 3.8) is 0 Å². The second-order valence-corrected chi connectivity index (χ2v) is 4.93. The van der Waals surface area contributed by atoms with Crippen LogP contribution < -0.4 is 5.32 Å². The number of alkyl halides is 2. The van der Waals surface area contributed by atoms with Gasteiger partial charge in [0, 0.05) is 11.1 Å². The van der Waals surface area contributed by atoms with E-state index in [1.165, 1.54) is 11.3 Å². The first-order valence-corrected chi connectivity index (χ1v) is 6.11. The van der Waals surface area contributed by atoms with E-state index in [9.17, 15) is 8.78 Å². The van der Waals surface area contributed by atoms with E-state index in [0.717, 1.165) is 22.0 Å². The summed E-state index contributed by atoms with van der Waals surface area (Å²) >= 11 is 2.38. The van der Waals surface area contributed by atoms with E-state index in [1.54, 1.807) is 0 Å². The summed E-state index contributed by atoms with van der Waals surface area (Å²) in [6.45, 7) is 2.39. The van der Waals surface area contributed by atoms with Crippen molar-refractivity contribution in [1.82, 2.24) is 15.2 Å². The third-order valence-corrected chi connectivity index (χ3v) is 3.54. The van der Waals surface area contributed by atoms with Crippen LogP contribution in [0.1, 0.15) is 22.1 Å². The Morgan fingerprint density at radius 3 is 2.81 bits per heavy atom. The molecule has 1 N–H and O–H groups in total. The third kappa shape index (κ3) is 2.70. The second-order valence-electron chi connectivity index (χ2n) is 2.98. The normalized spacial score (nSPS) is 11.0. The van der Waals surface area contributed by atoms with Gasteiger partial charge in [-0.2, -0.15) is 0 Å². The summed E-state index contributed by atoms with van der Waals surface area (Å²) in [5.74, 6) is 0. The summed E-state index contributed by atoms with van der Waals surface area (Å²) in [5.41, 5.74) is 0.951. The highest BCUT2D eigenvalue weighted by atomic mass is 32.1. The van der Waals surface area contributed by atoms with Gasteiger partial charge in [0.15, 0.2) is 5.01 Å². The van der Waals surface area contributed by atoms with Crippen LogP contribution in [0, 0.1) is 6.92 Å². The minimum absolute atomic E-state index is 0.266. The van der Waals surface area contributed by atoms with Crippen molar-refractivity contribution >= 4 is 27.8 Å². The fourth-order valence-corrected chi connectivity index (χ4v) is 2.34. The van der Waals surface area contributed by atoms with Gasteiger partial charge in [-0.3, -0.25) is 0 Å². The molecule has 0 fully saturated rings. The zero-order valence-electron chi connectivity index (χ0n) is 8.28. The number of hydrogen-bond donors (Lipinski definition) is 1. The van der Waals surface area contributed by atoms with Crippen molar-refractivity contribution < 1.29 is 8.78 Å². The lowest BCUT2D eigenvalue weighted by Crippen LogP contribution is -1.98. The smallest absolute Gasteiger partial charge is 0.291 e. The Kier molecular flexibility index (Phi) is 3.39. The Morgan fingerprint density at radius 1 is 1.44 bits per heavy atom. The van der Waals surface area contributed by atoms with Crippen molar-refractivity contribution in [2.75, 3.05) is 5.32 Å². The van der Waals surface area contributed by atoms with Gasteiger partial charge < -0.3 is 5.32 Å². The molecule has 16 heavy (non-hydrogen) atoms. The number of thiazole rings is 1. The molecule has 2 heterocycles. The first-order chi connectivity index (χ1) is 7.65. The maximum atomic E-state index is 12.2. The third-order valence-electron chi connectivity index (χ3n) is 1.68. The number of rotatable bonds is 4. The fraction of sp³-hybridized carbons (Fsp3) is 0.375. The minimum Gasteiger partial charge on any atom is -0.354 e. The molecule has 0 aromatic carbocycles. The van der Waals surface area contributed by atoms with Gasteiger partial charge in [0.2, 0.25) is 5.13 Å². The summed E-state index contributed by atoms with van der Waals surface area (Å²) in [7, 11) is 0. The molecule has 8 heteroatoms. The van der Waals surface area contributed by atoms with Crippen LogP contribution in [0.15, 0.2) is 5.38 Å². The molecule has 86 valence electrons. The van der Waals surface area contributed by atoms with E-state index in [2.05, 4.69) is 20.5 Å². The van der Waals surface area contributed by atoms with Crippen LogP contribution in [0.3, 0.4) is 0 Å². The number of aryl methyl sites for hydroxylation is 1. The van der Waals surface area contributed by atoms with Gasteiger partial charge in [-0.15, -0.1) is 21.5 Å². The molecule has 0 bridgehead atoms. The van der Waals surface area contributed by atoms with Crippen molar-refractivity contribution in [3.05, 3.63) is 21.1 Å². The average molecular weight is 262 g/mol. The zero-order chi connectivity index (χ0) is 11.5. The van der Waals surface area contributed by atoms with Gasteiger partial charge >= 0.3 is 0 Å². The van der Waals surface area contributed by atoms with Crippen LogP contribution in [0.5, 0.6) is 0 Å². The Hall–Kier alpha value is -1.15. The lowest BCUT2D eigenvalue weighted by molar-refractivity contribution is 0.150. The number of halogens is 2. The molecule has 0 atom stereocenters. The molecule has 0 amide bonds. The monoisotopic (exact) mass is 262 g/mol. The highest BCUT2D eigenvalue weighted by Gasteiger charge is 2.13. The van der Waals surface area contributed by atoms with E-state index >= 15 is 0 Å². The molecule has 2 aromatic rings. The first-order valence-electron chi connectivity index (χ1n) is 4.41. The Bertz CT molecular complexity index is 468. The number of nitrogens with zero attached hydrogens (tertiary/aromatic N) is 3. The molecular formula is C8H8F2N4S2. The van der Waals surface area contributed by atoms with Crippen LogP contribution in [0.25, 0.3) is 0 Å². The highest BCUT2D eigenvalue weighted by molar-refractivity contribution is 7.15. The molecule has 0 unspecified atom stereocenters. The van der Waals surface area contributed by atoms with Crippen LogP contribution >= 0.6 is 22.7 Å². The molecule has 4 nitrogen and oxygen atoms in total. The Balaban J connectivity index is 1.94. The second kappa shape index (κ2) is 4.79. The van der Waals surface area contributed by atoms with Crippen molar-refractivity contribution in [2.24, 2.45) is 0 Å². The Labute approximate surface area is 98.4 Å². The number of hydrogen-bond acceptors (Lipinski definition) is 6. The summed E-state index contributed by atoms with van der Waals surface area (Å²) in [6, 6.07) is 0. The summed E-state index contributed by atoms with van der Waals surface area (Å²) in [4.78, 5) is 4.23. The molecule has 0 spiro atoms. The summed E-state index contributed by atoms with van der Waals surface area (Å²) in [5, 5.41) is 12.8. The number of anilines is 1. The molecule has 0 aliphatic heterocycles. The highest BCUT2D eigenvalue weighted by Crippen LogP contribution is 2.25. The number of nitrogens with one attached hydrogen (secondary N) is 1. The zero-order valence-corrected chi connectivity index (χ0v) is 9.91. The lowest BCUT2D eigenvalue weighted by Gasteiger charge is -1.96. The molecule has 2 rings (SSSR count). The Morgan fingerprint density at radius 2 is 2.25 bits per heavy atom. The predicted molar refractivity (Wildman–Crippen MR) is 59.0 cm³/mol. The van der Waals surface area contributed by atoms with E-state index in [1.807, 2.05) is 12.3 Å². The topological polar surface area (TPSA) is 50.7 Å². The van der Waals surface area contributed by atoms with Crippen LogP contribution in [0.2, 0.25) is 0 Å². The molecular weight excluding hydrogens is 254 g/mol. The van der Waals surface area contributed by atoms with Crippen molar-refractivity contribution in [3.8, 4) is 0 Å². The van der Waals surface area contributed by atoms with Gasteiger partial charge in [-0.05, 0) is 6.92 Å². The lowest BCUT2D eigenvalue weighted by atomic mass is 10.6. The molecule has 0 saturated carbocycles. The van der Waals surface area contributed by atoms with Crippen molar-refractivity contribution in [1.29, 1.82) is 0 Å². The minimum atomic E-state index is -2.56. The maximum Gasteiger partial charge on any atom is 0.291 e. The van der Waals surface area contributed by atoms with Crippen LogP contribution in [-0.4, -0.2) is 15.2 Å². The molecule has 0 radical (unpaired) electrons. The fourth-order valence-electron chi connectivity index (χ4n) is 1.03. The largest absolute Gasteiger partial charge is 0.354 e. The quantitative estimate of drug-likeness (QED) is 0.920. The van der Waals surface area contributed by atoms with Crippen molar-refractivity contribution in [2.45, 2.75) is 19.9 Å². The predicted octanol–water partition coefficient (Wildman–Crippen LogP) is 2.85. The van der Waals surface area contributed by atoms with Gasteiger partial charge in [-0.25, -0.2) is 13.8 Å². The number of aromatic nitrogens is 3. The van der Waals surface area contributed by atoms with Gasteiger partial charge in [-0.1, -0.05) is 11.3 Å². The van der Waals surface area contributed by atoms with Gasteiger partial charge in [0.05, 0.1) is 6.54 Å². The van der Waals surface area contributed by atoms with Gasteiger partial charge in [0.1, 0.15) is 5.01 Å². The van der Waals surface area contributed by atoms with E-state index < -0.39 is 6.43 Å². The van der Waals surface area contributed by atoms with Crippen LogP contribution in [-0.2, 0) is 6.54 Å². The molecule has 2 aromatic heterocycles. The molecule has 0 aliphatic rings. The standard InChI is InChI=1S/C8H8F2N4S2/c1-4-3-15-5(12-4)2-11-8-14-13-7(16-8)6(9)10/h3,6H,2H2,1H3,(H,11,14). The van der Waals surface area contributed by atoms with E-state index in [4.69, 9.17) is 0 Å². The average Bonchev–Trinajstić information content (AvgIpc) is 2.83. The maximum absolute atomic E-state index is 12.2. The SMILES string of the molecule is Cc1csc(CNc2nnc(C(F)F)s2)n1.